The molecule has 0 saturated carbocycles. The zero-order chi connectivity index (χ0) is 12.9. The molecule has 2 unspecified atom stereocenters. The Hall–Kier alpha value is -0.630. The van der Waals surface area contributed by atoms with Crippen molar-refractivity contribution in [1.82, 2.24) is 4.90 Å². The molecule has 0 spiro atoms. The van der Waals surface area contributed by atoms with Crippen molar-refractivity contribution >= 4 is 0 Å². The Bertz CT molecular complexity index is 264. The van der Waals surface area contributed by atoms with E-state index in [0.717, 1.165) is 39.0 Å². The Kier molecular flexibility index (Phi) is 5.38. The average molecular weight is 239 g/mol. The fourth-order valence-corrected chi connectivity index (χ4v) is 2.51. The van der Waals surface area contributed by atoms with Gasteiger partial charge in [0.25, 0.3) is 0 Å². The summed E-state index contributed by atoms with van der Waals surface area (Å²) < 4.78 is 5.63. The quantitative estimate of drug-likeness (QED) is 0.790. The monoisotopic (exact) mass is 239 g/mol. The number of piperidine rings is 1. The molecule has 2 N–H and O–H groups in total. The van der Waals surface area contributed by atoms with Crippen molar-refractivity contribution in [2.75, 3.05) is 19.7 Å². The fourth-order valence-electron chi connectivity index (χ4n) is 2.51. The Labute approximate surface area is 105 Å². The van der Waals surface area contributed by atoms with Gasteiger partial charge in [-0.15, -0.1) is 0 Å². The van der Waals surface area contributed by atoms with E-state index in [0.29, 0.717) is 12.1 Å². The van der Waals surface area contributed by atoms with Gasteiger partial charge in [0.1, 0.15) is 5.54 Å². The molecule has 2 atom stereocenters. The molecule has 17 heavy (non-hydrogen) atoms. The van der Waals surface area contributed by atoms with Crippen LogP contribution in [-0.2, 0) is 4.74 Å². The lowest BCUT2D eigenvalue weighted by atomic mass is 9.94. The smallest absolute Gasteiger partial charge is 0.102 e. The van der Waals surface area contributed by atoms with Crippen LogP contribution < -0.4 is 5.73 Å². The Morgan fingerprint density at radius 3 is 2.59 bits per heavy atom. The van der Waals surface area contributed by atoms with Crippen LogP contribution in [0.25, 0.3) is 0 Å². The molecule has 0 amide bonds. The molecule has 0 aromatic carbocycles. The van der Waals surface area contributed by atoms with E-state index in [2.05, 4.69) is 17.9 Å². The standard InChI is InChI=1S/C13H25N3O/c1-4-17-12-5-7-16(8-6-12)11(2)9-13(3,15)10-14/h11-12H,4-9,15H2,1-3H3. The molecule has 4 heteroatoms. The van der Waals surface area contributed by atoms with Crippen molar-refractivity contribution < 1.29 is 4.74 Å². The molecule has 1 rings (SSSR count). The number of rotatable bonds is 5. The van der Waals surface area contributed by atoms with Gasteiger partial charge in [0, 0.05) is 25.7 Å². The van der Waals surface area contributed by atoms with Crippen molar-refractivity contribution in [3.8, 4) is 6.07 Å². The molecule has 1 aliphatic rings. The first-order chi connectivity index (χ1) is 7.98. The van der Waals surface area contributed by atoms with Gasteiger partial charge in [0.2, 0.25) is 0 Å². The minimum atomic E-state index is -0.712. The first-order valence-electron chi connectivity index (χ1n) is 6.54. The summed E-state index contributed by atoms with van der Waals surface area (Å²) >= 11 is 0. The lowest BCUT2D eigenvalue weighted by molar-refractivity contribution is 0.00381. The molecule has 0 bridgehead atoms. The van der Waals surface area contributed by atoms with E-state index in [1.54, 1.807) is 6.92 Å². The first-order valence-corrected chi connectivity index (χ1v) is 6.54. The fraction of sp³-hybridized carbons (Fsp3) is 0.923. The molecular formula is C13H25N3O. The largest absolute Gasteiger partial charge is 0.378 e. The van der Waals surface area contributed by atoms with Crippen LogP contribution in [-0.4, -0.2) is 42.3 Å². The lowest BCUT2D eigenvalue weighted by Gasteiger charge is -2.37. The van der Waals surface area contributed by atoms with Crippen LogP contribution in [0.3, 0.4) is 0 Å². The molecule has 1 fully saturated rings. The summed E-state index contributed by atoms with van der Waals surface area (Å²) in [6.45, 7) is 8.90. The number of hydrogen-bond acceptors (Lipinski definition) is 4. The third-order valence-electron chi connectivity index (χ3n) is 3.48. The summed E-state index contributed by atoms with van der Waals surface area (Å²) in [4.78, 5) is 2.41. The average Bonchev–Trinajstić information content (AvgIpc) is 2.30. The summed E-state index contributed by atoms with van der Waals surface area (Å²) in [5, 5.41) is 8.94. The summed E-state index contributed by atoms with van der Waals surface area (Å²) in [7, 11) is 0. The van der Waals surface area contributed by atoms with Crippen LogP contribution in [0.4, 0.5) is 0 Å². The summed E-state index contributed by atoms with van der Waals surface area (Å²) in [5.74, 6) is 0. The van der Waals surface area contributed by atoms with E-state index < -0.39 is 5.54 Å². The van der Waals surface area contributed by atoms with E-state index in [-0.39, 0.29) is 0 Å². The maximum Gasteiger partial charge on any atom is 0.102 e. The third kappa shape index (κ3) is 4.63. The van der Waals surface area contributed by atoms with E-state index in [1.165, 1.54) is 0 Å². The molecule has 1 saturated heterocycles. The number of likely N-dealkylation sites (tertiary alicyclic amines) is 1. The predicted molar refractivity (Wildman–Crippen MR) is 68.5 cm³/mol. The second-order valence-electron chi connectivity index (χ2n) is 5.27. The van der Waals surface area contributed by atoms with Gasteiger partial charge in [0.05, 0.1) is 12.2 Å². The van der Waals surface area contributed by atoms with Crippen molar-refractivity contribution in [3.05, 3.63) is 0 Å². The highest BCUT2D eigenvalue weighted by atomic mass is 16.5. The van der Waals surface area contributed by atoms with E-state index in [1.807, 2.05) is 6.92 Å². The topological polar surface area (TPSA) is 62.3 Å². The first kappa shape index (κ1) is 14.4. The third-order valence-corrected chi connectivity index (χ3v) is 3.48. The SMILES string of the molecule is CCOC1CCN(C(C)CC(C)(N)C#N)CC1. The van der Waals surface area contributed by atoms with Crippen LogP contribution in [0.2, 0.25) is 0 Å². The maximum atomic E-state index is 8.94. The van der Waals surface area contributed by atoms with Crippen molar-refractivity contribution in [3.63, 3.8) is 0 Å². The normalized spacial score (nSPS) is 23.9. The van der Waals surface area contributed by atoms with Crippen LogP contribution in [0.1, 0.15) is 40.0 Å². The molecule has 0 radical (unpaired) electrons. The number of nitrogens with zero attached hydrogens (tertiary/aromatic N) is 2. The summed E-state index contributed by atoms with van der Waals surface area (Å²) in [6.07, 6.45) is 3.32. The second-order valence-corrected chi connectivity index (χ2v) is 5.27. The molecule has 4 nitrogen and oxygen atoms in total. The van der Waals surface area contributed by atoms with Crippen LogP contribution in [0.15, 0.2) is 0 Å². The van der Waals surface area contributed by atoms with Crippen molar-refractivity contribution in [1.29, 1.82) is 5.26 Å². The molecule has 0 aromatic rings. The lowest BCUT2D eigenvalue weighted by Crippen LogP contribution is -2.47. The minimum absolute atomic E-state index is 0.368. The van der Waals surface area contributed by atoms with Crippen LogP contribution in [0, 0.1) is 11.3 Å². The number of nitrogens with two attached hydrogens (primary N) is 1. The number of nitriles is 1. The van der Waals surface area contributed by atoms with E-state index in [4.69, 9.17) is 15.7 Å². The van der Waals surface area contributed by atoms with Crippen molar-refractivity contribution in [2.45, 2.75) is 57.7 Å². The van der Waals surface area contributed by atoms with Gasteiger partial charge < -0.3 is 15.4 Å². The van der Waals surface area contributed by atoms with Gasteiger partial charge in [-0.1, -0.05) is 0 Å². The molecular weight excluding hydrogens is 214 g/mol. The number of hydrogen-bond donors (Lipinski definition) is 1. The zero-order valence-electron chi connectivity index (χ0n) is 11.3. The Morgan fingerprint density at radius 1 is 1.53 bits per heavy atom. The number of ether oxygens (including phenoxy) is 1. The summed E-state index contributed by atoms with van der Waals surface area (Å²) in [5.41, 5.74) is 5.17. The molecule has 0 aliphatic carbocycles. The van der Waals surface area contributed by atoms with Gasteiger partial charge in [-0.25, -0.2) is 0 Å². The second kappa shape index (κ2) is 6.34. The van der Waals surface area contributed by atoms with Gasteiger partial charge >= 0.3 is 0 Å². The summed E-state index contributed by atoms with van der Waals surface area (Å²) in [6, 6.07) is 2.53. The Morgan fingerprint density at radius 2 is 2.12 bits per heavy atom. The van der Waals surface area contributed by atoms with Crippen LogP contribution >= 0.6 is 0 Å². The maximum absolute atomic E-state index is 8.94. The minimum Gasteiger partial charge on any atom is -0.378 e. The molecule has 1 heterocycles. The van der Waals surface area contributed by atoms with Crippen molar-refractivity contribution in [2.24, 2.45) is 5.73 Å². The molecule has 1 aliphatic heterocycles. The van der Waals surface area contributed by atoms with Gasteiger partial charge in [-0.05, 0) is 40.0 Å². The van der Waals surface area contributed by atoms with Gasteiger partial charge in [-0.3, -0.25) is 0 Å². The van der Waals surface area contributed by atoms with Crippen LogP contribution in [0.5, 0.6) is 0 Å². The predicted octanol–water partition coefficient (Wildman–Crippen LogP) is 1.51. The molecule has 98 valence electrons. The van der Waals surface area contributed by atoms with E-state index in [9.17, 15) is 0 Å². The highest BCUT2D eigenvalue weighted by Crippen LogP contribution is 2.20. The van der Waals surface area contributed by atoms with E-state index >= 15 is 0 Å². The molecule has 0 aromatic heterocycles. The Balaban J connectivity index is 2.36. The zero-order valence-corrected chi connectivity index (χ0v) is 11.3. The highest BCUT2D eigenvalue weighted by molar-refractivity contribution is 5.03. The highest BCUT2D eigenvalue weighted by Gasteiger charge is 2.27. The van der Waals surface area contributed by atoms with Gasteiger partial charge in [0.15, 0.2) is 0 Å². The van der Waals surface area contributed by atoms with Gasteiger partial charge in [-0.2, -0.15) is 5.26 Å².